The zero-order valence-electron chi connectivity index (χ0n) is 26.2. The van der Waals surface area contributed by atoms with E-state index >= 15 is 8.78 Å². The lowest BCUT2D eigenvalue weighted by molar-refractivity contribution is -0.129. The van der Waals surface area contributed by atoms with E-state index in [1.807, 2.05) is 20.8 Å². The van der Waals surface area contributed by atoms with Crippen molar-refractivity contribution in [3.05, 3.63) is 98.6 Å². The van der Waals surface area contributed by atoms with Crippen molar-refractivity contribution in [1.29, 1.82) is 0 Å². The van der Waals surface area contributed by atoms with Gasteiger partial charge in [-0.05, 0) is 80.0 Å². The molecule has 0 radical (unpaired) electrons. The molecule has 8 nitrogen and oxygen atoms in total. The molecule has 2 N–H and O–H groups in total. The smallest absolute Gasteiger partial charge is 0.268 e. The number of likely N-dealkylation sites (tertiary alicyclic amines) is 1. The summed E-state index contributed by atoms with van der Waals surface area (Å²) in [6.07, 6.45) is 3.55. The maximum absolute atomic E-state index is 17.3. The number of amides is 2. The van der Waals surface area contributed by atoms with Crippen molar-refractivity contribution >= 4 is 34.3 Å². The predicted molar refractivity (Wildman–Crippen MR) is 175 cm³/mol. The number of phenolic OH excluding ortho intramolecular Hbond substituents is 1. The van der Waals surface area contributed by atoms with E-state index in [9.17, 15) is 19.5 Å². The highest BCUT2D eigenvalue weighted by Crippen LogP contribution is 2.45. The molecule has 240 valence electrons. The van der Waals surface area contributed by atoms with Gasteiger partial charge in [0.25, 0.3) is 11.5 Å². The molecular formula is C35H35ClF2N4O4. The number of hydrogen-bond donors (Lipinski definition) is 2. The first kappa shape index (κ1) is 32.8. The first-order valence-electron chi connectivity index (χ1n) is 15.0. The summed E-state index contributed by atoms with van der Waals surface area (Å²) in [5.41, 5.74) is -0.457. The minimum atomic E-state index is -1.05. The summed E-state index contributed by atoms with van der Waals surface area (Å²) < 4.78 is 33.7. The molecule has 3 heterocycles. The summed E-state index contributed by atoms with van der Waals surface area (Å²) in [6, 6.07) is 6.38. The second-order valence-corrected chi connectivity index (χ2v) is 12.3. The standard InChI is InChI=1S/C35H35ClF2N4O4/c1-7-25(44)41-14-12-20(15-19(41)5)26-21-16-22(36)27(28-23(37)9-8-10-24(28)43)30(38)33(21)42(35(46)29(26)34(45)39-6)32-18(4)11-13-40-31(32)17(2)3/h7-11,13,16-17,19-20,43H,1,12,14-15H2,2-6H3,(H,39,45)/t19-,20?/m1/s1. The second-order valence-electron chi connectivity index (χ2n) is 11.9. The number of carbonyl (C=O) groups excluding carboxylic acids is 2. The first-order valence-corrected chi connectivity index (χ1v) is 15.4. The highest BCUT2D eigenvalue weighted by atomic mass is 35.5. The number of halogens is 3. The predicted octanol–water partition coefficient (Wildman–Crippen LogP) is 6.76. The molecule has 5 rings (SSSR count). The molecule has 0 aliphatic carbocycles. The van der Waals surface area contributed by atoms with Crippen molar-refractivity contribution in [3.63, 3.8) is 0 Å². The second kappa shape index (κ2) is 12.7. The van der Waals surface area contributed by atoms with Crippen LogP contribution in [0.15, 0.2) is 54.0 Å². The van der Waals surface area contributed by atoms with Gasteiger partial charge in [0.05, 0.1) is 27.5 Å². The molecule has 1 unspecified atom stereocenters. The highest BCUT2D eigenvalue weighted by molar-refractivity contribution is 6.34. The van der Waals surface area contributed by atoms with Crippen LogP contribution in [0.2, 0.25) is 5.02 Å². The lowest BCUT2D eigenvalue weighted by atomic mass is 9.81. The number of nitrogens with one attached hydrogen (secondary N) is 1. The van der Waals surface area contributed by atoms with Crippen molar-refractivity contribution < 1.29 is 23.5 Å². The van der Waals surface area contributed by atoms with Crippen molar-refractivity contribution in [2.24, 2.45) is 0 Å². The van der Waals surface area contributed by atoms with Crippen molar-refractivity contribution in [2.75, 3.05) is 13.6 Å². The number of phenols is 1. The van der Waals surface area contributed by atoms with Crippen LogP contribution in [0.25, 0.3) is 27.7 Å². The quantitative estimate of drug-likeness (QED) is 0.225. The van der Waals surface area contributed by atoms with Crippen LogP contribution in [0.3, 0.4) is 0 Å². The van der Waals surface area contributed by atoms with E-state index in [1.165, 1.54) is 31.3 Å². The van der Waals surface area contributed by atoms with Crippen LogP contribution in [0.5, 0.6) is 5.75 Å². The average Bonchev–Trinajstić information content (AvgIpc) is 3.01. The van der Waals surface area contributed by atoms with Gasteiger partial charge in [0.1, 0.15) is 17.1 Å². The van der Waals surface area contributed by atoms with Gasteiger partial charge < -0.3 is 15.3 Å². The molecule has 1 aliphatic heterocycles. The number of benzene rings is 2. The largest absolute Gasteiger partial charge is 0.507 e. The molecule has 2 aromatic heterocycles. The molecule has 2 atom stereocenters. The van der Waals surface area contributed by atoms with E-state index in [4.69, 9.17) is 11.6 Å². The van der Waals surface area contributed by atoms with Gasteiger partial charge in [-0.1, -0.05) is 38.1 Å². The SMILES string of the molecule is C=CC(=O)N1CCC(c2c(C(=O)NC)c(=O)n(-c3c(C)ccnc3C(C)C)c3c(F)c(-c4c(O)cccc4F)c(Cl)cc23)C[C@H]1C. The van der Waals surface area contributed by atoms with Crippen LogP contribution in [-0.4, -0.2) is 51.0 Å². The number of aromatic hydroxyl groups is 1. The zero-order chi connectivity index (χ0) is 33.6. The molecule has 0 bridgehead atoms. The van der Waals surface area contributed by atoms with E-state index in [2.05, 4.69) is 16.9 Å². The van der Waals surface area contributed by atoms with Gasteiger partial charge in [-0.25, -0.2) is 8.78 Å². The maximum Gasteiger partial charge on any atom is 0.268 e. The highest BCUT2D eigenvalue weighted by Gasteiger charge is 2.36. The van der Waals surface area contributed by atoms with Gasteiger partial charge in [0.2, 0.25) is 5.91 Å². The van der Waals surface area contributed by atoms with Crippen LogP contribution in [0.4, 0.5) is 8.78 Å². The van der Waals surface area contributed by atoms with Gasteiger partial charge in [-0.3, -0.25) is 23.9 Å². The topological polar surface area (TPSA) is 105 Å². The van der Waals surface area contributed by atoms with Crippen LogP contribution in [-0.2, 0) is 4.79 Å². The molecule has 0 saturated carbocycles. The Hall–Kier alpha value is -4.57. The van der Waals surface area contributed by atoms with Crippen molar-refractivity contribution in [2.45, 2.75) is 58.4 Å². The Bertz CT molecular complexity index is 1950. The monoisotopic (exact) mass is 648 g/mol. The summed E-state index contributed by atoms with van der Waals surface area (Å²) in [4.78, 5) is 47.1. The Kier molecular flexibility index (Phi) is 9.04. The Balaban J connectivity index is 2.00. The van der Waals surface area contributed by atoms with Crippen LogP contribution in [0.1, 0.15) is 72.6 Å². The number of hydrogen-bond acceptors (Lipinski definition) is 5. The normalized spacial score (nSPS) is 16.6. The molecule has 1 saturated heterocycles. The molecule has 1 aliphatic rings. The number of rotatable bonds is 6. The first-order chi connectivity index (χ1) is 21.8. The molecule has 46 heavy (non-hydrogen) atoms. The van der Waals surface area contributed by atoms with Crippen LogP contribution >= 0.6 is 11.6 Å². The number of aryl methyl sites for hydroxylation is 1. The third-order valence-corrected chi connectivity index (χ3v) is 9.05. The van der Waals surface area contributed by atoms with Gasteiger partial charge in [0.15, 0.2) is 5.82 Å². The van der Waals surface area contributed by atoms with E-state index in [-0.39, 0.29) is 50.6 Å². The number of fused-ring (bicyclic) bond motifs is 1. The fourth-order valence-electron chi connectivity index (χ4n) is 6.63. The van der Waals surface area contributed by atoms with E-state index in [1.54, 1.807) is 24.1 Å². The zero-order valence-corrected chi connectivity index (χ0v) is 27.0. The Morgan fingerprint density at radius 2 is 1.93 bits per heavy atom. The summed E-state index contributed by atoms with van der Waals surface area (Å²) in [5.74, 6) is -4.08. The van der Waals surface area contributed by atoms with Crippen molar-refractivity contribution in [3.8, 4) is 22.6 Å². The van der Waals surface area contributed by atoms with Gasteiger partial charge in [0, 0.05) is 36.8 Å². The Morgan fingerprint density at radius 3 is 2.54 bits per heavy atom. The fraction of sp³-hybridized carbons (Fsp3) is 0.314. The van der Waals surface area contributed by atoms with E-state index in [0.717, 1.165) is 10.6 Å². The fourth-order valence-corrected chi connectivity index (χ4v) is 6.92. The average molecular weight is 649 g/mol. The van der Waals surface area contributed by atoms with Gasteiger partial charge >= 0.3 is 0 Å². The lowest BCUT2D eigenvalue weighted by Crippen LogP contribution is -2.44. The summed E-state index contributed by atoms with van der Waals surface area (Å²) in [5, 5.41) is 13.2. The molecule has 2 amide bonds. The molecule has 2 aromatic carbocycles. The summed E-state index contributed by atoms with van der Waals surface area (Å²) in [6.45, 7) is 11.3. The van der Waals surface area contributed by atoms with Gasteiger partial charge in [-0.15, -0.1) is 0 Å². The molecule has 4 aromatic rings. The minimum absolute atomic E-state index is 0.180. The third kappa shape index (κ3) is 5.34. The molecule has 0 spiro atoms. The van der Waals surface area contributed by atoms with Crippen LogP contribution < -0.4 is 10.9 Å². The molecule has 1 fully saturated rings. The van der Waals surface area contributed by atoms with E-state index in [0.29, 0.717) is 30.6 Å². The number of nitrogens with zero attached hydrogens (tertiary/aromatic N) is 3. The van der Waals surface area contributed by atoms with Crippen molar-refractivity contribution in [1.82, 2.24) is 19.8 Å². The van der Waals surface area contributed by atoms with E-state index < -0.39 is 45.9 Å². The van der Waals surface area contributed by atoms with Crippen LogP contribution in [0, 0.1) is 18.6 Å². The Labute approximate surface area is 270 Å². The number of carbonyl (C=O) groups is 2. The lowest BCUT2D eigenvalue weighted by Gasteiger charge is -2.38. The third-order valence-electron chi connectivity index (χ3n) is 8.76. The summed E-state index contributed by atoms with van der Waals surface area (Å²) >= 11 is 6.74. The molecular weight excluding hydrogens is 614 g/mol. The minimum Gasteiger partial charge on any atom is -0.507 e. The molecule has 11 heteroatoms. The number of pyridine rings is 2. The summed E-state index contributed by atoms with van der Waals surface area (Å²) in [7, 11) is 1.40. The maximum atomic E-state index is 17.3. The van der Waals surface area contributed by atoms with Gasteiger partial charge in [-0.2, -0.15) is 0 Å². The Morgan fingerprint density at radius 1 is 1.22 bits per heavy atom. The number of piperidine rings is 1. The number of aromatic nitrogens is 2.